The first-order chi connectivity index (χ1) is 17.4. The van der Waals surface area contributed by atoms with Crippen LogP contribution in [0.3, 0.4) is 0 Å². The van der Waals surface area contributed by atoms with E-state index in [2.05, 4.69) is 18.7 Å². The number of allylic oxidation sites excluding steroid dienone is 1. The van der Waals surface area contributed by atoms with Crippen LogP contribution in [0.15, 0.2) is 60.4 Å². The fraction of sp³-hybridized carbons (Fsp3) is 0.241. The van der Waals surface area contributed by atoms with Crippen molar-refractivity contribution in [1.82, 2.24) is 0 Å². The molecule has 0 aromatic heterocycles. The average Bonchev–Trinajstić information content (AvgIpc) is 3.20. The number of esters is 1. The van der Waals surface area contributed by atoms with Crippen LogP contribution in [-0.4, -0.2) is 39.1 Å². The molecule has 3 aromatic rings. The van der Waals surface area contributed by atoms with Crippen molar-refractivity contribution in [3.63, 3.8) is 0 Å². The fourth-order valence-electron chi connectivity index (χ4n) is 4.19. The lowest BCUT2D eigenvalue weighted by atomic mass is 10.0. The largest absolute Gasteiger partial charge is 0.493 e. The number of hydrogen-bond acceptors (Lipinski definition) is 7. The molecular formula is C29H29NO6. The molecule has 0 unspecified atom stereocenters. The number of benzene rings is 3. The highest BCUT2D eigenvalue weighted by Crippen LogP contribution is 2.38. The molecule has 1 heterocycles. The van der Waals surface area contributed by atoms with Gasteiger partial charge < -0.3 is 23.8 Å². The minimum atomic E-state index is -0.566. The van der Waals surface area contributed by atoms with Crippen LogP contribution in [0.4, 0.5) is 5.69 Å². The van der Waals surface area contributed by atoms with Crippen molar-refractivity contribution < 1.29 is 28.5 Å². The summed E-state index contributed by atoms with van der Waals surface area (Å²) in [4.78, 5) is 28.0. The average molecular weight is 488 g/mol. The SMILES string of the molecule is CCN(CC)c1ccc(/C=C2\Oc3cc(OC(=O)c4ccc(OC)c(OC)c4)cc(C)c3C2=O)cc1. The molecule has 186 valence electrons. The zero-order valence-electron chi connectivity index (χ0n) is 21.1. The van der Waals surface area contributed by atoms with Gasteiger partial charge >= 0.3 is 5.97 Å². The number of ether oxygens (including phenoxy) is 4. The third kappa shape index (κ3) is 4.91. The van der Waals surface area contributed by atoms with Crippen molar-refractivity contribution >= 4 is 23.5 Å². The highest BCUT2D eigenvalue weighted by atomic mass is 16.5. The Labute approximate surface area is 210 Å². The summed E-state index contributed by atoms with van der Waals surface area (Å²) in [6, 6.07) is 16.0. The van der Waals surface area contributed by atoms with Gasteiger partial charge in [0.15, 0.2) is 17.3 Å². The molecule has 0 spiro atoms. The van der Waals surface area contributed by atoms with Gasteiger partial charge in [-0.2, -0.15) is 0 Å². The Morgan fingerprint density at radius 3 is 2.28 bits per heavy atom. The van der Waals surface area contributed by atoms with E-state index in [1.54, 1.807) is 43.3 Å². The number of nitrogens with zero attached hydrogens (tertiary/aromatic N) is 1. The highest BCUT2D eigenvalue weighted by molar-refractivity contribution is 6.15. The van der Waals surface area contributed by atoms with Gasteiger partial charge in [-0.3, -0.25) is 4.79 Å². The number of carbonyl (C=O) groups excluding carboxylic acids is 2. The van der Waals surface area contributed by atoms with Gasteiger partial charge in [0.05, 0.1) is 25.3 Å². The van der Waals surface area contributed by atoms with E-state index in [0.29, 0.717) is 33.9 Å². The summed E-state index contributed by atoms with van der Waals surface area (Å²) < 4.78 is 21.9. The number of anilines is 1. The number of hydrogen-bond donors (Lipinski definition) is 0. The summed E-state index contributed by atoms with van der Waals surface area (Å²) in [5, 5.41) is 0. The highest BCUT2D eigenvalue weighted by Gasteiger charge is 2.30. The topological polar surface area (TPSA) is 74.3 Å². The van der Waals surface area contributed by atoms with E-state index in [1.807, 2.05) is 24.3 Å². The Hall–Kier alpha value is -4.26. The minimum Gasteiger partial charge on any atom is -0.493 e. The summed E-state index contributed by atoms with van der Waals surface area (Å²) in [6.45, 7) is 7.86. The van der Waals surface area contributed by atoms with Crippen molar-refractivity contribution in [3.05, 3.63) is 82.6 Å². The summed E-state index contributed by atoms with van der Waals surface area (Å²) in [6.07, 6.45) is 1.73. The first-order valence-corrected chi connectivity index (χ1v) is 11.8. The van der Waals surface area contributed by atoms with Crippen LogP contribution in [0.1, 0.15) is 45.7 Å². The van der Waals surface area contributed by atoms with E-state index in [-0.39, 0.29) is 17.3 Å². The molecule has 0 amide bonds. The van der Waals surface area contributed by atoms with Gasteiger partial charge in [0.1, 0.15) is 11.5 Å². The summed E-state index contributed by atoms with van der Waals surface area (Å²) >= 11 is 0. The molecular weight excluding hydrogens is 458 g/mol. The van der Waals surface area contributed by atoms with Crippen LogP contribution in [0.25, 0.3) is 6.08 Å². The Bertz CT molecular complexity index is 1320. The molecule has 36 heavy (non-hydrogen) atoms. The molecule has 0 bridgehead atoms. The fourth-order valence-corrected chi connectivity index (χ4v) is 4.19. The summed E-state index contributed by atoms with van der Waals surface area (Å²) in [5.41, 5.74) is 3.41. The van der Waals surface area contributed by atoms with E-state index in [0.717, 1.165) is 24.3 Å². The van der Waals surface area contributed by atoms with E-state index in [1.165, 1.54) is 14.2 Å². The number of methoxy groups -OCH3 is 2. The second-order valence-corrected chi connectivity index (χ2v) is 8.28. The third-order valence-electron chi connectivity index (χ3n) is 6.09. The maximum absolute atomic E-state index is 13.0. The number of Topliss-reactive ketones (excluding diaryl/α,β-unsaturated/α-hetero) is 1. The number of carbonyl (C=O) groups is 2. The predicted octanol–water partition coefficient (Wildman–Crippen LogP) is 5.69. The monoisotopic (exact) mass is 487 g/mol. The maximum Gasteiger partial charge on any atom is 0.343 e. The van der Waals surface area contributed by atoms with Gasteiger partial charge in [0.25, 0.3) is 0 Å². The van der Waals surface area contributed by atoms with E-state index >= 15 is 0 Å². The number of aryl methyl sites for hydroxylation is 1. The number of rotatable bonds is 8. The smallest absolute Gasteiger partial charge is 0.343 e. The van der Waals surface area contributed by atoms with Gasteiger partial charge in [0, 0.05) is 24.8 Å². The van der Waals surface area contributed by atoms with Crippen LogP contribution in [0, 0.1) is 6.92 Å². The molecule has 0 saturated heterocycles. The molecule has 1 aliphatic rings. The van der Waals surface area contributed by atoms with Crippen molar-refractivity contribution in [2.45, 2.75) is 20.8 Å². The molecule has 0 atom stereocenters. The Morgan fingerprint density at radius 1 is 0.944 bits per heavy atom. The molecule has 3 aromatic carbocycles. The second kappa shape index (κ2) is 10.6. The predicted molar refractivity (Wildman–Crippen MR) is 139 cm³/mol. The van der Waals surface area contributed by atoms with Crippen LogP contribution in [0.5, 0.6) is 23.0 Å². The van der Waals surface area contributed by atoms with Crippen molar-refractivity contribution in [2.24, 2.45) is 0 Å². The van der Waals surface area contributed by atoms with Crippen LogP contribution >= 0.6 is 0 Å². The van der Waals surface area contributed by atoms with E-state index in [9.17, 15) is 9.59 Å². The molecule has 0 fully saturated rings. The standard InChI is InChI=1S/C29H29NO6/c1-6-30(7-2)21-11-8-19(9-12-21)15-26-28(31)27-18(3)14-22(17-25(27)36-26)35-29(32)20-10-13-23(33-4)24(16-20)34-5/h8-17H,6-7H2,1-5H3/b26-15-. The Morgan fingerprint density at radius 2 is 1.64 bits per heavy atom. The number of fused-ring (bicyclic) bond motifs is 1. The van der Waals surface area contributed by atoms with Crippen LogP contribution < -0.4 is 23.8 Å². The molecule has 1 aliphatic heterocycles. The molecule has 0 aliphatic carbocycles. The normalized spacial score (nSPS) is 13.2. The lowest BCUT2D eigenvalue weighted by Crippen LogP contribution is -2.21. The molecule has 7 heteroatoms. The van der Waals surface area contributed by atoms with E-state index < -0.39 is 5.97 Å². The lowest BCUT2D eigenvalue weighted by molar-refractivity contribution is 0.0734. The van der Waals surface area contributed by atoms with Crippen molar-refractivity contribution in [3.8, 4) is 23.0 Å². The van der Waals surface area contributed by atoms with Crippen molar-refractivity contribution in [1.29, 1.82) is 0 Å². The third-order valence-corrected chi connectivity index (χ3v) is 6.09. The Balaban J connectivity index is 1.54. The zero-order valence-corrected chi connectivity index (χ0v) is 21.1. The van der Waals surface area contributed by atoms with Gasteiger partial charge in [-0.15, -0.1) is 0 Å². The van der Waals surface area contributed by atoms with Gasteiger partial charge in [0.2, 0.25) is 5.78 Å². The summed E-state index contributed by atoms with van der Waals surface area (Å²) in [5.74, 6) is 1.04. The van der Waals surface area contributed by atoms with Gasteiger partial charge in [-0.25, -0.2) is 4.79 Å². The summed E-state index contributed by atoms with van der Waals surface area (Å²) in [7, 11) is 3.02. The molecule has 7 nitrogen and oxygen atoms in total. The first-order valence-electron chi connectivity index (χ1n) is 11.8. The number of ketones is 1. The molecule has 4 rings (SSSR count). The van der Waals surface area contributed by atoms with Gasteiger partial charge in [-0.05, 0) is 74.4 Å². The van der Waals surface area contributed by atoms with Crippen molar-refractivity contribution in [2.75, 3.05) is 32.2 Å². The van der Waals surface area contributed by atoms with Crippen LogP contribution in [-0.2, 0) is 0 Å². The van der Waals surface area contributed by atoms with E-state index in [4.69, 9.17) is 18.9 Å². The lowest BCUT2D eigenvalue weighted by Gasteiger charge is -2.20. The zero-order chi connectivity index (χ0) is 25.8. The van der Waals surface area contributed by atoms with Crippen LogP contribution in [0.2, 0.25) is 0 Å². The minimum absolute atomic E-state index is 0.201. The van der Waals surface area contributed by atoms with Gasteiger partial charge in [-0.1, -0.05) is 12.1 Å². The Kier molecular flexibility index (Phi) is 7.29. The quantitative estimate of drug-likeness (QED) is 0.229. The molecule has 0 saturated carbocycles. The molecule has 0 N–H and O–H groups in total. The molecule has 0 radical (unpaired) electrons. The first kappa shape index (κ1) is 24.9. The second-order valence-electron chi connectivity index (χ2n) is 8.28. The maximum atomic E-state index is 13.0.